The van der Waals surface area contributed by atoms with E-state index >= 15 is 0 Å². The van der Waals surface area contributed by atoms with Crippen molar-refractivity contribution >= 4 is 5.57 Å². The molecule has 0 heterocycles. The summed E-state index contributed by atoms with van der Waals surface area (Å²) < 4.78 is 0. The van der Waals surface area contributed by atoms with Crippen molar-refractivity contribution in [3.05, 3.63) is 71.3 Å². The zero-order valence-corrected chi connectivity index (χ0v) is 14.1. The smallest absolute Gasteiger partial charge is 0.115 e. The molecule has 2 nitrogen and oxygen atoms in total. The van der Waals surface area contributed by atoms with E-state index in [4.69, 9.17) is 0 Å². The van der Waals surface area contributed by atoms with Crippen molar-refractivity contribution < 1.29 is 10.2 Å². The van der Waals surface area contributed by atoms with Gasteiger partial charge in [-0.15, -0.1) is 0 Å². The molecule has 0 radical (unpaired) electrons. The summed E-state index contributed by atoms with van der Waals surface area (Å²) in [6, 6.07) is 18.1. The fourth-order valence-corrected chi connectivity index (χ4v) is 3.85. The number of phenols is 1. The largest absolute Gasteiger partial charge is 0.508 e. The molecule has 1 saturated carbocycles. The number of allylic oxidation sites excluding steroid dienone is 1. The lowest BCUT2D eigenvalue weighted by Gasteiger charge is -2.22. The third kappa shape index (κ3) is 3.88. The van der Waals surface area contributed by atoms with E-state index in [0.29, 0.717) is 11.7 Å². The summed E-state index contributed by atoms with van der Waals surface area (Å²) in [5.41, 5.74) is 5.14. The Bertz CT molecular complexity index is 665. The van der Waals surface area contributed by atoms with Gasteiger partial charge in [0.2, 0.25) is 0 Å². The Hall–Kier alpha value is -2.06. The summed E-state index contributed by atoms with van der Waals surface area (Å²) in [7, 11) is 0. The Morgan fingerprint density at radius 2 is 1.50 bits per heavy atom. The predicted molar refractivity (Wildman–Crippen MR) is 98.8 cm³/mol. The van der Waals surface area contributed by atoms with E-state index in [1.54, 1.807) is 12.1 Å². The van der Waals surface area contributed by atoms with Crippen LogP contribution < -0.4 is 0 Å². The van der Waals surface area contributed by atoms with Gasteiger partial charge in [-0.1, -0.05) is 60.9 Å². The van der Waals surface area contributed by atoms with Crippen LogP contribution in [0.4, 0.5) is 0 Å². The number of aromatic hydroxyl groups is 1. The van der Waals surface area contributed by atoms with Gasteiger partial charge in [0, 0.05) is 6.61 Å². The summed E-state index contributed by atoms with van der Waals surface area (Å²) in [5, 5.41) is 19.0. The lowest BCUT2D eigenvalue weighted by molar-refractivity contribution is 0.287. The first-order valence-electron chi connectivity index (χ1n) is 8.98. The molecule has 2 aromatic rings. The summed E-state index contributed by atoms with van der Waals surface area (Å²) in [6.45, 7) is 0.230. The molecule has 3 rings (SSSR count). The van der Waals surface area contributed by atoms with E-state index in [0.717, 1.165) is 18.4 Å². The standard InChI is InChI=1S/C22H26O2/c23-16-6-11-21(17-7-4-5-8-17)22(18-9-2-1-3-10-18)19-12-14-20(24)15-13-19/h1-3,9-10,12-15,17,23-24H,4-8,11,16H2. The van der Waals surface area contributed by atoms with E-state index in [9.17, 15) is 10.2 Å². The lowest BCUT2D eigenvalue weighted by Crippen LogP contribution is -2.05. The summed E-state index contributed by atoms with van der Waals surface area (Å²) in [6.07, 6.45) is 6.83. The number of aliphatic hydroxyl groups is 1. The van der Waals surface area contributed by atoms with Gasteiger partial charge in [-0.3, -0.25) is 0 Å². The maximum atomic E-state index is 9.65. The predicted octanol–water partition coefficient (Wildman–Crippen LogP) is 5.16. The Kier molecular flexibility index (Phi) is 5.71. The first kappa shape index (κ1) is 16.8. The molecule has 0 atom stereocenters. The van der Waals surface area contributed by atoms with Gasteiger partial charge in [0.1, 0.15) is 5.75 Å². The summed E-state index contributed by atoms with van der Waals surface area (Å²) >= 11 is 0. The number of aliphatic hydroxyl groups excluding tert-OH is 1. The van der Waals surface area contributed by atoms with E-state index in [1.165, 1.54) is 42.4 Å². The van der Waals surface area contributed by atoms with Crippen LogP contribution in [-0.2, 0) is 0 Å². The second-order valence-corrected chi connectivity index (χ2v) is 6.62. The lowest BCUT2D eigenvalue weighted by atomic mass is 9.83. The van der Waals surface area contributed by atoms with Crippen molar-refractivity contribution in [3.63, 3.8) is 0 Å². The monoisotopic (exact) mass is 322 g/mol. The van der Waals surface area contributed by atoms with Crippen LogP contribution in [0.3, 0.4) is 0 Å². The van der Waals surface area contributed by atoms with Gasteiger partial charge < -0.3 is 10.2 Å². The van der Waals surface area contributed by atoms with Gasteiger partial charge in [-0.25, -0.2) is 0 Å². The van der Waals surface area contributed by atoms with Crippen LogP contribution in [0.5, 0.6) is 5.75 Å². The Morgan fingerprint density at radius 3 is 2.12 bits per heavy atom. The zero-order chi connectivity index (χ0) is 16.8. The molecule has 1 fully saturated rings. The number of phenolic OH excluding ortho intramolecular Hbond substituents is 1. The summed E-state index contributed by atoms with van der Waals surface area (Å²) in [5.74, 6) is 0.907. The van der Waals surface area contributed by atoms with Crippen molar-refractivity contribution in [2.45, 2.75) is 38.5 Å². The third-order valence-corrected chi connectivity index (χ3v) is 4.99. The maximum absolute atomic E-state index is 9.65. The minimum absolute atomic E-state index is 0.230. The van der Waals surface area contributed by atoms with Crippen LogP contribution in [0.25, 0.3) is 5.57 Å². The molecular formula is C22H26O2. The van der Waals surface area contributed by atoms with Gasteiger partial charge in [0.05, 0.1) is 0 Å². The molecule has 2 heteroatoms. The highest BCUT2D eigenvalue weighted by atomic mass is 16.3. The molecule has 24 heavy (non-hydrogen) atoms. The molecule has 126 valence electrons. The fourth-order valence-electron chi connectivity index (χ4n) is 3.85. The van der Waals surface area contributed by atoms with Crippen molar-refractivity contribution in [2.75, 3.05) is 6.61 Å². The van der Waals surface area contributed by atoms with Crippen molar-refractivity contribution in [1.82, 2.24) is 0 Å². The van der Waals surface area contributed by atoms with E-state index in [1.807, 2.05) is 18.2 Å². The number of hydrogen-bond donors (Lipinski definition) is 2. The molecule has 0 amide bonds. The molecule has 0 saturated heterocycles. The molecule has 0 aromatic heterocycles. The number of hydrogen-bond acceptors (Lipinski definition) is 2. The minimum atomic E-state index is 0.230. The zero-order valence-electron chi connectivity index (χ0n) is 14.1. The van der Waals surface area contributed by atoms with Crippen molar-refractivity contribution in [3.8, 4) is 5.75 Å². The minimum Gasteiger partial charge on any atom is -0.508 e. The molecule has 1 aliphatic carbocycles. The second kappa shape index (κ2) is 8.16. The van der Waals surface area contributed by atoms with Crippen molar-refractivity contribution in [2.24, 2.45) is 5.92 Å². The van der Waals surface area contributed by atoms with Crippen LogP contribution in [0, 0.1) is 5.92 Å². The topological polar surface area (TPSA) is 40.5 Å². The molecule has 0 bridgehead atoms. The van der Waals surface area contributed by atoms with Crippen LogP contribution in [0.1, 0.15) is 49.7 Å². The molecule has 1 aliphatic rings. The fraction of sp³-hybridized carbons (Fsp3) is 0.364. The Balaban J connectivity index is 2.13. The van der Waals surface area contributed by atoms with Crippen LogP contribution in [0.15, 0.2) is 60.2 Å². The highest BCUT2D eigenvalue weighted by Crippen LogP contribution is 2.40. The number of benzene rings is 2. The normalized spacial score (nSPS) is 16.2. The first-order chi connectivity index (χ1) is 11.8. The molecule has 0 spiro atoms. The van der Waals surface area contributed by atoms with Gasteiger partial charge >= 0.3 is 0 Å². The Morgan fingerprint density at radius 1 is 0.875 bits per heavy atom. The van der Waals surface area contributed by atoms with E-state index < -0.39 is 0 Å². The molecule has 0 unspecified atom stereocenters. The third-order valence-electron chi connectivity index (χ3n) is 4.99. The Labute approximate surface area is 144 Å². The first-order valence-corrected chi connectivity index (χ1v) is 8.98. The average Bonchev–Trinajstić information content (AvgIpc) is 3.15. The highest BCUT2D eigenvalue weighted by molar-refractivity contribution is 5.82. The van der Waals surface area contributed by atoms with Crippen LogP contribution in [0.2, 0.25) is 0 Å². The number of rotatable bonds is 6. The van der Waals surface area contributed by atoms with Gasteiger partial charge in [-0.2, -0.15) is 0 Å². The second-order valence-electron chi connectivity index (χ2n) is 6.62. The van der Waals surface area contributed by atoms with E-state index in [2.05, 4.69) is 24.3 Å². The maximum Gasteiger partial charge on any atom is 0.115 e. The van der Waals surface area contributed by atoms with Crippen LogP contribution >= 0.6 is 0 Å². The SMILES string of the molecule is OCCCC(=C(c1ccccc1)c1ccc(O)cc1)C1CCCC1. The van der Waals surface area contributed by atoms with Crippen LogP contribution in [-0.4, -0.2) is 16.8 Å². The summed E-state index contributed by atoms with van der Waals surface area (Å²) in [4.78, 5) is 0. The molecule has 0 aliphatic heterocycles. The van der Waals surface area contributed by atoms with E-state index in [-0.39, 0.29) is 6.61 Å². The van der Waals surface area contributed by atoms with Gasteiger partial charge in [0.25, 0.3) is 0 Å². The highest BCUT2D eigenvalue weighted by Gasteiger charge is 2.23. The molecule has 2 N–H and O–H groups in total. The molecule has 2 aromatic carbocycles. The average molecular weight is 322 g/mol. The van der Waals surface area contributed by atoms with Gasteiger partial charge in [-0.05, 0) is 60.4 Å². The molecular weight excluding hydrogens is 296 g/mol. The van der Waals surface area contributed by atoms with Gasteiger partial charge in [0.15, 0.2) is 0 Å². The van der Waals surface area contributed by atoms with Crippen molar-refractivity contribution in [1.29, 1.82) is 0 Å². The quantitative estimate of drug-likeness (QED) is 0.771.